The Morgan fingerprint density at radius 3 is 2.26 bits per heavy atom. The van der Waals surface area contributed by atoms with Crippen LogP contribution >= 0.6 is 0 Å². The summed E-state index contributed by atoms with van der Waals surface area (Å²) in [5.41, 5.74) is 0. The minimum Gasteiger partial charge on any atom is -0.357 e. The second-order valence-corrected chi connectivity index (χ2v) is 5.68. The minimum atomic E-state index is 0.435. The van der Waals surface area contributed by atoms with E-state index in [-0.39, 0.29) is 0 Å². The molecule has 0 radical (unpaired) electrons. The molecule has 4 heteroatoms. The number of nitrogens with zero attached hydrogens (tertiary/aromatic N) is 2. The van der Waals surface area contributed by atoms with E-state index >= 15 is 0 Å². The summed E-state index contributed by atoms with van der Waals surface area (Å²) in [6.07, 6.45) is 1.18. The second-order valence-electron chi connectivity index (χ2n) is 5.68. The Hall–Kier alpha value is -0.770. The Balaban J connectivity index is 4.26. The average Bonchev–Trinajstić information content (AvgIpc) is 2.37. The van der Waals surface area contributed by atoms with Crippen molar-refractivity contribution in [1.29, 1.82) is 0 Å². The summed E-state index contributed by atoms with van der Waals surface area (Å²) in [5, 5.41) is 6.76. The van der Waals surface area contributed by atoms with Gasteiger partial charge in [-0.05, 0) is 40.2 Å². The molecule has 0 heterocycles. The van der Waals surface area contributed by atoms with Crippen molar-refractivity contribution in [2.75, 3.05) is 26.7 Å². The van der Waals surface area contributed by atoms with Gasteiger partial charge in [-0.3, -0.25) is 4.99 Å². The number of guanidine groups is 1. The Morgan fingerprint density at radius 2 is 1.79 bits per heavy atom. The molecular formula is C15H34N4. The summed E-state index contributed by atoms with van der Waals surface area (Å²) in [6, 6.07) is 1.06. The fourth-order valence-electron chi connectivity index (χ4n) is 1.55. The molecule has 2 atom stereocenters. The monoisotopic (exact) mass is 270 g/mol. The van der Waals surface area contributed by atoms with Crippen molar-refractivity contribution in [1.82, 2.24) is 15.5 Å². The fraction of sp³-hybridized carbons (Fsp3) is 0.933. The highest BCUT2D eigenvalue weighted by molar-refractivity contribution is 5.80. The van der Waals surface area contributed by atoms with Crippen LogP contribution in [0.5, 0.6) is 0 Å². The molecule has 0 aliphatic carbocycles. The van der Waals surface area contributed by atoms with Crippen LogP contribution in [0.4, 0.5) is 0 Å². The zero-order valence-electron chi connectivity index (χ0n) is 14.0. The van der Waals surface area contributed by atoms with E-state index in [2.05, 4.69) is 69.1 Å². The highest BCUT2D eigenvalue weighted by atomic mass is 15.2. The molecule has 0 amide bonds. The van der Waals surface area contributed by atoms with Crippen molar-refractivity contribution in [2.24, 2.45) is 10.9 Å². The third-order valence-electron chi connectivity index (χ3n) is 3.77. The van der Waals surface area contributed by atoms with Gasteiger partial charge in [0.25, 0.3) is 0 Å². The molecule has 0 bridgehead atoms. The first-order chi connectivity index (χ1) is 8.92. The van der Waals surface area contributed by atoms with E-state index in [1.807, 2.05) is 0 Å². The Bertz CT molecular complexity index is 251. The first kappa shape index (κ1) is 18.2. The van der Waals surface area contributed by atoms with E-state index in [9.17, 15) is 0 Å². The molecule has 0 aliphatic rings. The third kappa shape index (κ3) is 8.09. The Labute approximate surface area is 120 Å². The van der Waals surface area contributed by atoms with Crippen molar-refractivity contribution < 1.29 is 0 Å². The predicted molar refractivity (Wildman–Crippen MR) is 85.8 cm³/mol. The van der Waals surface area contributed by atoms with Crippen molar-refractivity contribution in [3.05, 3.63) is 0 Å². The predicted octanol–water partition coefficient (Wildman–Crippen LogP) is 2.32. The Kier molecular flexibility index (Phi) is 9.66. The number of rotatable bonds is 8. The lowest BCUT2D eigenvalue weighted by Crippen LogP contribution is -2.44. The average molecular weight is 270 g/mol. The molecule has 0 aromatic carbocycles. The summed E-state index contributed by atoms with van der Waals surface area (Å²) in [6.45, 7) is 16.0. The summed E-state index contributed by atoms with van der Waals surface area (Å²) < 4.78 is 0. The van der Waals surface area contributed by atoms with E-state index < -0.39 is 0 Å². The third-order valence-corrected chi connectivity index (χ3v) is 3.77. The van der Waals surface area contributed by atoms with Gasteiger partial charge >= 0.3 is 0 Å². The van der Waals surface area contributed by atoms with Crippen LogP contribution < -0.4 is 10.6 Å². The quantitative estimate of drug-likeness (QED) is 0.525. The van der Waals surface area contributed by atoms with Gasteiger partial charge in [0.2, 0.25) is 0 Å². The van der Waals surface area contributed by atoms with Crippen molar-refractivity contribution in [3.8, 4) is 0 Å². The highest BCUT2D eigenvalue weighted by Gasteiger charge is 2.09. The largest absolute Gasteiger partial charge is 0.357 e. The number of aliphatic imine (C=N–C) groups is 1. The molecule has 0 spiro atoms. The second kappa shape index (κ2) is 10.1. The summed E-state index contributed by atoms with van der Waals surface area (Å²) in [4.78, 5) is 7.01. The lowest BCUT2D eigenvalue weighted by Gasteiger charge is -2.23. The first-order valence-corrected chi connectivity index (χ1v) is 7.67. The number of nitrogens with one attached hydrogen (secondary N) is 2. The zero-order chi connectivity index (χ0) is 14.8. The molecule has 0 rings (SSSR count). The van der Waals surface area contributed by atoms with Gasteiger partial charge in [-0.1, -0.05) is 20.8 Å². The molecule has 19 heavy (non-hydrogen) atoms. The maximum atomic E-state index is 4.65. The van der Waals surface area contributed by atoms with Crippen LogP contribution in [-0.4, -0.2) is 49.6 Å². The molecule has 0 saturated heterocycles. The van der Waals surface area contributed by atoms with Crippen LogP contribution in [-0.2, 0) is 0 Å². The van der Waals surface area contributed by atoms with Crippen LogP contribution in [0, 0.1) is 5.92 Å². The van der Waals surface area contributed by atoms with E-state index in [1.165, 1.54) is 6.42 Å². The highest BCUT2D eigenvalue weighted by Crippen LogP contribution is 2.00. The van der Waals surface area contributed by atoms with Crippen molar-refractivity contribution in [2.45, 2.75) is 60.0 Å². The van der Waals surface area contributed by atoms with E-state index in [0.29, 0.717) is 18.0 Å². The van der Waals surface area contributed by atoms with Crippen LogP contribution in [0.1, 0.15) is 48.0 Å². The smallest absolute Gasteiger partial charge is 0.191 e. The maximum Gasteiger partial charge on any atom is 0.191 e. The zero-order valence-corrected chi connectivity index (χ0v) is 14.0. The normalized spacial score (nSPS) is 15.7. The van der Waals surface area contributed by atoms with Crippen LogP contribution in [0.25, 0.3) is 0 Å². The molecule has 114 valence electrons. The molecular weight excluding hydrogens is 236 g/mol. The lowest BCUT2D eigenvalue weighted by atomic mass is 10.1. The van der Waals surface area contributed by atoms with Crippen LogP contribution in [0.3, 0.4) is 0 Å². The standard InChI is InChI=1S/C15H34N4/c1-8-13(5)19(7)11-10-17-15(16-9-2)18-14(6)12(3)4/h12-14H,8-11H2,1-7H3,(H2,16,17,18). The maximum absolute atomic E-state index is 4.65. The topological polar surface area (TPSA) is 39.7 Å². The molecule has 0 saturated carbocycles. The number of hydrogen-bond donors (Lipinski definition) is 2. The fourth-order valence-corrected chi connectivity index (χ4v) is 1.55. The van der Waals surface area contributed by atoms with Gasteiger partial charge in [-0.25, -0.2) is 0 Å². The summed E-state index contributed by atoms with van der Waals surface area (Å²) in [5.74, 6) is 1.54. The van der Waals surface area contributed by atoms with E-state index in [1.54, 1.807) is 0 Å². The molecule has 2 N–H and O–H groups in total. The number of likely N-dealkylation sites (N-methyl/N-ethyl adjacent to an activating group) is 1. The minimum absolute atomic E-state index is 0.435. The summed E-state index contributed by atoms with van der Waals surface area (Å²) in [7, 11) is 2.17. The van der Waals surface area contributed by atoms with E-state index in [4.69, 9.17) is 0 Å². The van der Waals surface area contributed by atoms with E-state index in [0.717, 1.165) is 25.6 Å². The molecule has 0 aromatic rings. The molecule has 0 aliphatic heterocycles. The van der Waals surface area contributed by atoms with Gasteiger partial charge in [0.05, 0.1) is 6.54 Å². The van der Waals surface area contributed by atoms with Crippen LogP contribution in [0.2, 0.25) is 0 Å². The van der Waals surface area contributed by atoms with Crippen molar-refractivity contribution >= 4 is 5.96 Å². The molecule has 4 nitrogen and oxygen atoms in total. The number of hydrogen-bond acceptors (Lipinski definition) is 2. The van der Waals surface area contributed by atoms with Crippen molar-refractivity contribution in [3.63, 3.8) is 0 Å². The van der Waals surface area contributed by atoms with Gasteiger partial charge in [-0.15, -0.1) is 0 Å². The molecule has 2 unspecified atom stereocenters. The van der Waals surface area contributed by atoms with Gasteiger partial charge < -0.3 is 15.5 Å². The van der Waals surface area contributed by atoms with Gasteiger partial charge in [0.1, 0.15) is 0 Å². The lowest BCUT2D eigenvalue weighted by molar-refractivity contribution is 0.259. The summed E-state index contributed by atoms with van der Waals surface area (Å²) >= 11 is 0. The molecule has 0 fully saturated rings. The van der Waals surface area contributed by atoms with Crippen LogP contribution in [0.15, 0.2) is 4.99 Å². The first-order valence-electron chi connectivity index (χ1n) is 7.67. The van der Waals surface area contributed by atoms with Gasteiger partial charge in [-0.2, -0.15) is 0 Å². The molecule has 0 aromatic heterocycles. The van der Waals surface area contributed by atoms with Gasteiger partial charge in [0, 0.05) is 25.2 Å². The Morgan fingerprint density at radius 1 is 1.16 bits per heavy atom. The SMILES string of the molecule is CCNC(=NCCN(C)C(C)CC)NC(C)C(C)C. The van der Waals surface area contributed by atoms with Gasteiger partial charge in [0.15, 0.2) is 5.96 Å².